The van der Waals surface area contributed by atoms with E-state index in [2.05, 4.69) is 0 Å². The minimum Gasteiger partial charge on any atom is -0.453 e. The molecule has 0 aliphatic carbocycles. The van der Waals surface area contributed by atoms with Crippen molar-refractivity contribution in [3.63, 3.8) is 0 Å². The van der Waals surface area contributed by atoms with E-state index >= 15 is 0 Å². The second-order valence-corrected chi connectivity index (χ2v) is 3.36. The monoisotopic (exact) mass is 229 g/mol. The fraction of sp³-hybridized carbons (Fsp3) is 0.222. The molecule has 0 radical (unpaired) electrons. The molecule has 1 aliphatic rings. The predicted octanol–water partition coefficient (Wildman–Crippen LogP) is 1.36. The van der Waals surface area contributed by atoms with Crippen LogP contribution in [-0.2, 0) is 6.54 Å². The maximum Gasteiger partial charge on any atom is 0.231 e. The average Bonchev–Trinajstić information content (AvgIpc) is 2.67. The molecule has 1 aromatic carbocycles. The first-order valence-corrected chi connectivity index (χ1v) is 4.58. The zero-order valence-corrected chi connectivity index (χ0v) is 8.37. The van der Waals surface area contributed by atoms with E-state index in [4.69, 9.17) is 26.3 Å². The number of nitrogens with one attached hydrogen (secondary N) is 1. The van der Waals surface area contributed by atoms with Crippen LogP contribution in [0.5, 0.6) is 11.5 Å². The van der Waals surface area contributed by atoms with Crippen molar-refractivity contribution in [1.82, 2.24) is 5.48 Å². The highest BCUT2D eigenvalue weighted by atomic mass is 35.5. The highest BCUT2D eigenvalue weighted by Gasteiger charge is 2.24. The fourth-order valence-electron chi connectivity index (χ4n) is 1.45. The van der Waals surface area contributed by atoms with Gasteiger partial charge in [-0.3, -0.25) is 4.79 Å². The summed E-state index contributed by atoms with van der Waals surface area (Å²) in [6.45, 7) is 0.222. The summed E-state index contributed by atoms with van der Waals surface area (Å²) >= 11 is 5.87. The van der Waals surface area contributed by atoms with Gasteiger partial charge in [-0.05, 0) is 6.07 Å². The molecule has 0 aromatic heterocycles. The Morgan fingerprint density at radius 3 is 2.93 bits per heavy atom. The Hall–Kier alpha value is -1.30. The minimum atomic E-state index is 0.0505. The molecule has 0 atom stereocenters. The maximum absolute atomic E-state index is 10.8. The molecule has 0 amide bonds. The molecule has 6 heteroatoms. The number of aldehydes is 1. The summed E-state index contributed by atoms with van der Waals surface area (Å²) in [7, 11) is 0. The van der Waals surface area contributed by atoms with Crippen molar-refractivity contribution in [2.75, 3.05) is 6.79 Å². The van der Waals surface area contributed by atoms with Crippen LogP contribution in [0.1, 0.15) is 15.9 Å². The third kappa shape index (κ3) is 1.65. The van der Waals surface area contributed by atoms with Crippen molar-refractivity contribution in [2.24, 2.45) is 0 Å². The van der Waals surface area contributed by atoms with E-state index in [0.29, 0.717) is 23.3 Å². The van der Waals surface area contributed by atoms with Crippen LogP contribution in [0.4, 0.5) is 0 Å². The highest BCUT2D eigenvalue weighted by molar-refractivity contribution is 6.33. The van der Waals surface area contributed by atoms with E-state index in [0.717, 1.165) is 0 Å². The molecule has 0 saturated carbocycles. The molecule has 0 unspecified atom stereocenters. The van der Waals surface area contributed by atoms with Crippen molar-refractivity contribution in [3.8, 4) is 11.5 Å². The Balaban J connectivity index is 2.57. The first-order chi connectivity index (χ1) is 7.27. The normalized spacial score (nSPS) is 12.9. The predicted molar refractivity (Wildman–Crippen MR) is 51.6 cm³/mol. The summed E-state index contributed by atoms with van der Waals surface area (Å²) in [6.07, 6.45) is 0.617. The van der Waals surface area contributed by atoms with Gasteiger partial charge in [-0.2, -0.15) is 0 Å². The van der Waals surface area contributed by atoms with Gasteiger partial charge in [0.25, 0.3) is 0 Å². The quantitative estimate of drug-likeness (QED) is 0.605. The molecule has 1 heterocycles. The van der Waals surface area contributed by atoms with E-state index in [-0.39, 0.29) is 23.9 Å². The SMILES string of the molecule is O=Cc1c(Cl)cc(CNO)c2c1OCO2. The molecule has 0 fully saturated rings. The smallest absolute Gasteiger partial charge is 0.231 e. The Kier molecular flexibility index (Phi) is 2.77. The van der Waals surface area contributed by atoms with Gasteiger partial charge in [0.05, 0.1) is 10.6 Å². The van der Waals surface area contributed by atoms with Crippen LogP contribution in [0.15, 0.2) is 6.07 Å². The molecule has 1 aliphatic heterocycles. The fourth-order valence-corrected chi connectivity index (χ4v) is 1.71. The highest BCUT2D eigenvalue weighted by Crippen LogP contribution is 2.41. The first-order valence-electron chi connectivity index (χ1n) is 4.21. The van der Waals surface area contributed by atoms with E-state index in [1.54, 1.807) is 6.07 Å². The van der Waals surface area contributed by atoms with Gasteiger partial charge >= 0.3 is 0 Å². The number of rotatable bonds is 3. The Morgan fingerprint density at radius 2 is 2.27 bits per heavy atom. The molecular weight excluding hydrogens is 222 g/mol. The summed E-state index contributed by atoms with van der Waals surface area (Å²) in [5.41, 5.74) is 2.90. The van der Waals surface area contributed by atoms with Gasteiger partial charge in [-0.25, -0.2) is 5.48 Å². The molecule has 2 rings (SSSR count). The van der Waals surface area contributed by atoms with Gasteiger partial charge in [0.15, 0.2) is 17.8 Å². The number of halogens is 1. The molecule has 80 valence electrons. The van der Waals surface area contributed by atoms with Crippen LogP contribution in [0.2, 0.25) is 5.02 Å². The molecule has 2 N–H and O–H groups in total. The first kappa shape index (κ1) is 10.2. The summed E-state index contributed by atoms with van der Waals surface area (Å²) in [6, 6.07) is 1.56. The topological polar surface area (TPSA) is 67.8 Å². The molecule has 15 heavy (non-hydrogen) atoms. The van der Waals surface area contributed by atoms with Crippen LogP contribution < -0.4 is 15.0 Å². The van der Waals surface area contributed by atoms with E-state index < -0.39 is 0 Å². The minimum absolute atomic E-state index is 0.0505. The van der Waals surface area contributed by atoms with Crippen molar-refractivity contribution in [2.45, 2.75) is 6.54 Å². The third-order valence-electron chi connectivity index (χ3n) is 2.09. The molecule has 0 bridgehead atoms. The van der Waals surface area contributed by atoms with Crippen LogP contribution in [0, 0.1) is 0 Å². The van der Waals surface area contributed by atoms with Crippen molar-refractivity contribution >= 4 is 17.9 Å². The lowest BCUT2D eigenvalue weighted by atomic mass is 10.1. The number of benzene rings is 1. The lowest BCUT2D eigenvalue weighted by molar-refractivity contribution is 0.111. The van der Waals surface area contributed by atoms with Gasteiger partial charge in [0, 0.05) is 12.1 Å². The molecule has 1 aromatic rings. The summed E-state index contributed by atoms with van der Waals surface area (Å²) < 4.78 is 10.3. The number of hydrogen-bond acceptors (Lipinski definition) is 5. The van der Waals surface area contributed by atoms with Crippen LogP contribution in [0.3, 0.4) is 0 Å². The number of carbonyl (C=O) groups excluding carboxylic acids is 1. The standard InChI is InChI=1S/C9H8ClNO4/c10-7-1-5(2-11-13)8-9(6(7)3-12)15-4-14-8/h1,3,11,13H,2,4H2. The second-order valence-electron chi connectivity index (χ2n) is 2.95. The molecule has 5 nitrogen and oxygen atoms in total. The number of ether oxygens (including phenoxy) is 2. The number of hydrogen-bond donors (Lipinski definition) is 2. The maximum atomic E-state index is 10.8. The van der Waals surface area contributed by atoms with Crippen molar-refractivity contribution < 1.29 is 19.5 Å². The molecule has 0 saturated heterocycles. The Bertz CT molecular complexity index is 408. The number of carbonyl (C=O) groups is 1. The summed E-state index contributed by atoms with van der Waals surface area (Å²) in [5, 5.41) is 8.89. The Morgan fingerprint density at radius 1 is 1.53 bits per heavy atom. The average molecular weight is 230 g/mol. The van der Waals surface area contributed by atoms with Gasteiger partial charge in [-0.15, -0.1) is 0 Å². The van der Waals surface area contributed by atoms with E-state index in [1.807, 2.05) is 5.48 Å². The van der Waals surface area contributed by atoms with Crippen molar-refractivity contribution in [3.05, 3.63) is 22.2 Å². The summed E-state index contributed by atoms with van der Waals surface area (Å²) in [5.74, 6) is 0.783. The lowest BCUT2D eigenvalue weighted by Gasteiger charge is -2.07. The Labute approximate surface area is 90.5 Å². The van der Waals surface area contributed by atoms with Gasteiger partial charge < -0.3 is 14.7 Å². The van der Waals surface area contributed by atoms with Crippen molar-refractivity contribution in [1.29, 1.82) is 0 Å². The number of fused-ring (bicyclic) bond motifs is 1. The van der Waals surface area contributed by atoms with Gasteiger partial charge in [0.2, 0.25) is 6.79 Å². The zero-order valence-electron chi connectivity index (χ0n) is 7.62. The second kappa shape index (κ2) is 4.06. The molecular formula is C9H8ClNO4. The summed E-state index contributed by atoms with van der Waals surface area (Å²) in [4.78, 5) is 10.8. The van der Waals surface area contributed by atoms with Crippen LogP contribution in [0.25, 0.3) is 0 Å². The van der Waals surface area contributed by atoms with E-state index in [1.165, 1.54) is 0 Å². The lowest BCUT2D eigenvalue weighted by Crippen LogP contribution is -2.07. The largest absolute Gasteiger partial charge is 0.453 e. The van der Waals surface area contributed by atoms with Gasteiger partial charge in [-0.1, -0.05) is 11.6 Å². The molecule has 0 spiro atoms. The van der Waals surface area contributed by atoms with Crippen LogP contribution >= 0.6 is 11.6 Å². The van der Waals surface area contributed by atoms with Gasteiger partial charge in [0.1, 0.15) is 0 Å². The van der Waals surface area contributed by atoms with Crippen LogP contribution in [-0.4, -0.2) is 18.3 Å². The van der Waals surface area contributed by atoms with E-state index in [9.17, 15) is 4.79 Å². The zero-order chi connectivity index (χ0) is 10.8. The number of hydroxylamine groups is 1. The third-order valence-corrected chi connectivity index (χ3v) is 2.41.